The van der Waals surface area contributed by atoms with Crippen molar-refractivity contribution in [3.63, 3.8) is 0 Å². The fraction of sp³-hybridized carbons (Fsp3) is 0.273. The highest BCUT2D eigenvalue weighted by molar-refractivity contribution is 5.70. The van der Waals surface area contributed by atoms with Gasteiger partial charge in [-0.25, -0.2) is 0 Å². The molecule has 1 aromatic rings. The SMILES string of the molecule is COc1ccc(/C=C/CO)c([N+](=O)[O-])c1OC. The Bertz CT molecular complexity index is 442. The number of benzene rings is 1. The molecule has 6 nitrogen and oxygen atoms in total. The molecule has 0 aliphatic carbocycles. The van der Waals surface area contributed by atoms with Gasteiger partial charge in [0, 0.05) is 0 Å². The van der Waals surface area contributed by atoms with E-state index in [0.717, 1.165) is 0 Å². The Hall–Kier alpha value is -2.08. The molecule has 0 saturated carbocycles. The van der Waals surface area contributed by atoms with E-state index < -0.39 is 4.92 Å². The molecule has 92 valence electrons. The Labute approximate surface area is 98.2 Å². The van der Waals surface area contributed by atoms with Crippen LogP contribution in [0.15, 0.2) is 18.2 Å². The van der Waals surface area contributed by atoms with E-state index >= 15 is 0 Å². The minimum absolute atomic E-state index is 0.0672. The minimum Gasteiger partial charge on any atom is -0.493 e. The van der Waals surface area contributed by atoms with Crippen LogP contribution in [0, 0.1) is 10.1 Å². The lowest BCUT2D eigenvalue weighted by molar-refractivity contribution is -0.386. The van der Waals surface area contributed by atoms with Crippen LogP contribution in [-0.2, 0) is 0 Å². The molecular formula is C11H13NO5. The average Bonchev–Trinajstić information content (AvgIpc) is 2.34. The zero-order valence-corrected chi connectivity index (χ0v) is 9.54. The molecule has 0 bridgehead atoms. The summed E-state index contributed by atoms with van der Waals surface area (Å²) in [6.07, 6.45) is 2.87. The van der Waals surface area contributed by atoms with Crippen molar-refractivity contribution in [2.75, 3.05) is 20.8 Å². The summed E-state index contributed by atoms with van der Waals surface area (Å²) in [5.41, 5.74) is 0.165. The third-order valence-corrected chi connectivity index (χ3v) is 2.14. The van der Waals surface area contributed by atoms with Gasteiger partial charge in [0.25, 0.3) is 0 Å². The Morgan fingerprint density at radius 1 is 1.41 bits per heavy atom. The maximum atomic E-state index is 11.0. The van der Waals surface area contributed by atoms with Gasteiger partial charge >= 0.3 is 5.69 Å². The van der Waals surface area contributed by atoms with Crippen LogP contribution in [0.2, 0.25) is 0 Å². The molecule has 6 heteroatoms. The van der Waals surface area contributed by atoms with Crippen molar-refractivity contribution in [3.05, 3.63) is 33.9 Å². The number of rotatable bonds is 5. The van der Waals surface area contributed by atoms with E-state index in [1.165, 1.54) is 32.4 Å². The van der Waals surface area contributed by atoms with Gasteiger partial charge in [-0.05, 0) is 18.2 Å². The van der Waals surface area contributed by atoms with E-state index in [1.54, 1.807) is 6.07 Å². The fourth-order valence-electron chi connectivity index (χ4n) is 1.43. The summed E-state index contributed by atoms with van der Waals surface area (Å²) in [4.78, 5) is 10.5. The molecule has 0 heterocycles. The monoisotopic (exact) mass is 239 g/mol. The van der Waals surface area contributed by atoms with Crippen LogP contribution in [0.1, 0.15) is 5.56 Å². The average molecular weight is 239 g/mol. The highest BCUT2D eigenvalue weighted by Gasteiger charge is 2.23. The number of methoxy groups -OCH3 is 2. The van der Waals surface area contributed by atoms with E-state index in [2.05, 4.69) is 0 Å². The molecule has 0 spiro atoms. The van der Waals surface area contributed by atoms with Crippen LogP contribution < -0.4 is 9.47 Å². The van der Waals surface area contributed by atoms with E-state index in [-0.39, 0.29) is 18.0 Å². The molecule has 0 aliphatic heterocycles. The third-order valence-electron chi connectivity index (χ3n) is 2.14. The largest absolute Gasteiger partial charge is 0.493 e. The summed E-state index contributed by atoms with van der Waals surface area (Å²) in [6, 6.07) is 3.11. The molecule has 1 aromatic carbocycles. The molecule has 0 amide bonds. The first kappa shape index (κ1) is 13.0. The van der Waals surface area contributed by atoms with E-state index in [1.807, 2.05) is 0 Å². The van der Waals surface area contributed by atoms with Crippen molar-refractivity contribution < 1.29 is 19.5 Å². The molecular weight excluding hydrogens is 226 g/mol. The van der Waals surface area contributed by atoms with Crippen LogP contribution >= 0.6 is 0 Å². The number of aliphatic hydroxyl groups excluding tert-OH is 1. The number of ether oxygens (including phenoxy) is 2. The van der Waals surface area contributed by atoms with Crippen LogP contribution in [-0.4, -0.2) is 30.9 Å². The second kappa shape index (κ2) is 5.86. The Balaban J connectivity index is 3.42. The number of hydrogen-bond donors (Lipinski definition) is 1. The highest BCUT2D eigenvalue weighted by atomic mass is 16.6. The Kier molecular flexibility index (Phi) is 4.47. The van der Waals surface area contributed by atoms with Gasteiger partial charge in [0.2, 0.25) is 5.75 Å². The first-order valence-corrected chi connectivity index (χ1v) is 4.82. The Morgan fingerprint density at radius 2 is 2.12 bits per heavy atom. The number of hydrogen-bond acceptors (Lipinski definition) is 5. The maximum absolute atomic E-state index is 11.0. The lowest BCUT2D eigenvalue weighted by atomic mass is 10.1. The standard InChI is InChI=1S/C11H13NO5/c1-16-9-6-5-8(4-3-7-13)10(12(14)15)11(9)17-2/h3-6,13H,7H2,1-2H3/b4-3+. The van der Waals surface area contributed by atoms with Gasteiger partial charge in [-0.15, -0.1) is 0 Å². The summed E-state index contributed by atoms with van der Waals surface area (Å²) < 4.78 is 9.97. The normalized spacial score (nSPS) is 10.5. The third kappa shape index (κ3) is 2.73. The lowest BCUT2D eigenvalue weighted by Crippen LogP contribution is -1.99. The van der Waals surface area contributed by atoms with Gasteiger partial charge < -0.3 is 14.6 Å². The van der Waals surface area contributed by atoms with Gasteiger partial charge in [0.15, 0.2) is 5.75 Å². The molecule has 0 saturated heterocycles. The molecule has 1 N–H and O–H groups in total. The van der Waals surface area contributed by atoms with Crippen LogP contribution in [0.4, 0.5) is 5.69 Å². The molecule has 0 unspecified atom stereocenters. The van der Waals surface area contributed by atoms with Crippen molar-refractivity contribution >= 4 is 11.8 Å². The van der Waals surface area contributed by atoms with E-state index in [4.69, 9.17) is 14.6 Å². The smallest absolute Gasteiger partial charge is 0.322 e. The summed E-state index contributed by atoms with van der Waals surface area (Å²) in [7, 11) is 2.75. The molecule has 0 atom stereocenters. The molecule has 0 aliphatic rings. The topological polar surface area (TPSA) is 81.8 Å². The van der Waals surface area contributed by atoms with Gasteiger partial charge in [0.1, 0.15) is 0 Å². The van der Waals surface area contributed by atoms with Gasteiger partial charge in [-0.3, -0.25) is 10.1 Å². The number of nitro benzene ring substituents is 1. The number of aliphatic hydroxyl groups is 1. The van der Waals surface area contributed by atoms with Crippen molar-refractivity contribution in [1.29, 1.82) is 0 Å². The van der Waals surface area contributed by atoms with Gasteiger partial charge in [-0.2, -0.15) is 0 Å². The lowest BCUT2D eigenvalue weighted by Gasteiger charge is -2.09. The second-order valence-corrected chi connectivity index (χ2v) is 3.08. The molecule has 0 aromatic heterocycles. The molecule has 1 rings (SSSR count). The summed E-state index contributed by atoms with van der Waals surface area (Å²) in [6.45, 7) is -0.189. The quantitative estimate of drug-likeness (QED) is 0.623. The summed E-state index contributed by atoms with van der Waals surface area (Å²) in [5, 5.41) is 19.7. The predicted molar refractivity (Wildman–Crippen MR) is 62.3 cm³/mol. The minimum atomic E-state index is -0.543. The number of nitro groups is 1. The first-order chi connectivity index (χ1) is 8.15. The van der Waals surface area contributed by atoms with E-state index in [0.29, 0.717) is 11.3 Å². The highest BCUT2D eigenvalue weighted by Crippen LogP contribution is 2.39. The zero-order chi connectivity index (χ0) is 12.8. The van der Waals surface area contributed by atoms with Crippen LogP contribution in [0.3, 0.4) is 0 Å². The summed E-state index contributed by atoms with van der Waals surface area (Å²) >= 11 is 0. The number of nitrogens with zero attached hydrogens (tertiary/aromatic N) is 1. The van der Waals surface area contributed by atoms with Crippen molar-refractivity contribution in [3.8, 4) is 11.5 Å². The molecule has 0 radical (unpaired) electrons. The maximum Gasteiger partial charge on any atom is 0.322 e. The van der Waals surface area contributed by atoms with Crippen LogP contribution in [0.25, 0.3) is 6.08 Å². The molecule has 0 fully saturated rings. The predicted octanol–water partition coefficient (Wildman–Crippen LogP) is 1.62. The summed E-state index contributed by atoms with van der Waals surface area (Å²) in [5.74, 6) is 0.359. The van der Waals surface area contributed by atoms with E-state index in [9.17, 15) is 10.1 Å². The Morgan fingerprint density at radius 3 is 2.59 bits per heavy atom. The van der Waals surface area contributed by atoms with Crippen molar-refractivity contribution in [1.82, 2.24) is 0 Å². The molecule has 17 heavy (non-hydrogen) atoms. The van der Waals surface area contributed by atoms with Crippen molar-refractivity contribution in [2.45, 2.75) is 0 Å². The van der Waals surface area contributed by atoms with Gasteiger partial charge in [-0.1, -0.05) is 6.08 Å². The van der Waals surface area contributed by atoms with Crippen LogP contribution in [0.5, 0.6) is 11.5 Å². The zero-order valence-electron chi connectivity index (χ0n) is 9.54. The fourth-order valence-corrected chi connectivity index (χ4v) is 1.43. The van der Waals surface area contributed by atoms with Gasteiger partial charge in [0.05, 0.1) is 31.3 Å². The second-order valence-electron chi connectivity index (χ2n) is 3.08. The van der Waals surface area contributed by atoms with Crippen molar-refractivity contribution in [2.24, 2.45) is 0 Å². The first-order valence-electron chi connectivity index (χ1n) is 4.82.